The van der Waals surface area contributed by atoms with Crippen LogP contribution in [-0.2, 0) is 6.61 Å². The number of nitrogens with one attached hydrogen (secondary N) is 1. The molecule has 5 rings (SSSR count). The summed E-state index contributed by atoms with van der Waals surface area (Å²) in [6, 6.07) is 13.5. The molecule has 0 atom stereocenters. The maximum absolute atomic E-state index is 13.4. The van der Waals surface area contributed by atoms with Gasteiger partial charge in [0.15, 0.2) is 0 Å². The number of nitrogens with zero attached hydrogens (tertiary/aromatic N) is 4. The molecule has 0 aliphatic rings. The number of nitrogen functional groups attached to an aromatic ring is 1. The minimum Gasteiger partial charge on any atom is -0.487 e. The number of rotatable bonds is 5. The van der Waals surface area contributed by atoms with E-state index in [2.05, 4.69) is 37.1 Å². The molecule has 3 aromatic heterocycles. The van der Waals surface area contributed by atoms with Gasteiger partial charge in [0.05, 0.1) is 27.7 Å². The van der Waals surface area contributed by atoms with Gasteiger partial charge in [0.1, 0.15) is 46.7 Å². The summed E-state index contributed by atoms with van der Waals surface area (Å²) in [5.41, 5.74) is 7.58. The van der Waals surface area contributed by atoms with Crippen molar-refractivity contribution in [2.24, 2.45) is 0 Å². The van der Waals surface area contributed by atoms with Crippen LogP contribution in [0.25, 0.3) is 10.2 Å². The van der Waals surface area contributed by atoms with Gasteiger partial charge >= 0.3 is 0 Å². The number of nitrogens with two attached hydrogens (primary N) is 1. The zero-order chi connectivity index (χ0) is 24.2. The molecule has 0 saturated carbocycles. The molecule has 7 nitrogen and oxygen atoms in total. The molecule has 0 amide bonds. The number of hydrogen-bond acceptors (Lipinski definition) is 8. The highest BCUT2D eigenvalue weighted by Gasteiger charge is 2.10. The molecular weight excluding hydrogens is 487 g/mol. The second-order valence-electron chi connectivity index (χ2n) is 7.32. The summed E-state index contributed by atoms with van der Waals surface area (Å²) in [4.78, 5) is 18.4. The summed E-state index contributed by atoms with van der Waals surface area (Å²) in [6.07, 6.45) is 4.51. The lowest BCUT2D eigenvalue weighted by Crippen LogP contribution is -1.98. The van der Waals surface area contributed by atoms with Gasteiger partial charge in [0, 0.05) is 5.69 Å². The Morgan fingerprint density at radius 1 is 1.09 bits per heavy atom. The van der Waals surface area contributed by atoms with Gasteiger partial charge in [-0.3, -0.25) is 4.98 Å². The van der Waals surface area contributed by atoms with Crippen molar-refractivity contribution in [1.82, 2.24) is 19.9 Å². The van der Waals surface area contributed by atoms with E-state index in [1.807, 2.05) is 12.1 Å². The molecule has 3 N–H and O–H groups in total. The number of fused-ring (bicyclic) bond motifs is 1. The molecule has 35 heavy (non-hydrogen) atoms. The molecular formula is C25H16ClFN6OS. The monoisotopic (exact) mass is 502 g/mol. The van der Waals surface area contributed by atoms with Crippen molar-refractivity contribution < 1.29 is 9.13 Å². The zero-order valence-corrected chi connectivity index (χ0v) is 19.6. The van der Waals surface area contributed by atoms with Crippen molar-refractivity contribution in [3.8, 4) is 17.6 Å². The first-order valence-electron chi connectivity index (χ1n) is 10.3. The second-order valence-corrected chi connectivity index (χ2v) is 8.76. The molecule has 3 heterocycles. The number of ether oxygens (including phenoxy) is 1. The van der Waals surface area contributed by atoms with E-state index in [0.717, 1.165) is 20.8 Å². The van der Waals surface area contributed by atoms with E-state index >= 15 is 0 Å². The maximum Gasteiger partial charge on any atom is 0.143 e. The highest BCUT2D eigenvalue weighted by atomic mass is 35.5. The summed E-state index contributed by atoms with van der Waals surface area (Å²) in [5.74, 6) is 7.14. The van der Waals surface area contributed by atoms with Crippen LogP contribution in [0.3, 0.4) is 0 Å². The summed E-state index contributed by atoms with van der Waals surface area (Å²) in [7, 11) is 0. The van der Waals surface area contributed by atoms with Gasteiger partial charge in [-0.15, -0.1) is 11.3 Å². The van der Waals surface area contributed by atoms with Gasteiger partial charge in [0.2, 0.25) is 0 Å². The van der Waals surface area contributed by atoms with E-state index in [1.54, 1.807) is 30.5 Å². The number of thiophene rings is 1. The van der Waals surface area contributed by atoms with Crippen LogP contribution in [0.2, 0.25) is 5.02 Å². The highest BCUT2D eigenvalue weighted by Crippen LogP contribution is 2.33. The molecule has 0 fully saturated rings. The van der Waals surface area contributed by atoms with Gasteiger partial charge in [-0.25, -0.2) is 19.3 Å². The fourth-order valence-corrected chi connectivity index (χ4v) is 4.29. The van der Waals surface area contributed by atoms with Crippen LogP contribution in [0.15, 0.2) is 67.3 Å². The smallest absolute Gasteiger partial charge is 0.143 e. The first-order chi connectivity index (χ1) is 17.0. The largest absolute Gasteiger partial charge is 0.487 e. The fraction of sp³-hybridized carbons (Fsp3) is 0.0400. The molecule has 0 bridgehead atoms. The fourth-order valence-electron chi connectivity index (χ4n) is 3.20. The Kier molecular flexibility index (Phi) is 6.39. The van der Waals surface area contributed by atoms with E-state index in [1.165, 1.54) is 36.0 Å². The third-order valence-electron chi connectivity index (χ3n) is 4.77. The average Bonchev–Trinajstić information content (AvgIpc) is 3.27. The van der Waals surface area contributed by atoms with Crippen molar-refractivity contribution in [1.29, 1.82) is 0 Å². The summed E-state index contributed by atoms with van der Waals surface area (Å²) < 4.78 is 19.1. The molecule has 0 radical (unpaired) electrons. The van der Waals surface area contributed by atoms with Crippen LogP contribution < -0.4 is 15.8 Å². The van der Waals surface area contributed by atoms with E-state index in [0.29, 0.717) is 33.7 Å². The topological polar surface area (TPSA) is 98.8 Å². The Morgan fingerprint density at radius 2 is 2.00 bits per heavy atom. The molecule has 172 valence electrons. The Bertz CT molecular complexity index is 1600. The zero-order valence-electron chi connectivity index (χ0n) is 18.0. The molecule has 0 unspecified atom stereocenters. The molecule has 5 aromatic rings. The molecule has 2 aromatic carbocycles. The van der Waals surface area contributed by atoms with Crippen LogP contribution in [0, 0.1) is 17.7 Å². The van der Waals surface area contributed by atoms with Crippen molar-refractivity contribution in [2.45, 2.75) is 6.61 Å². The standard InChI is InChI=1S/C25H16ClFN6OS/c26-21-9-17(5-7-22(21)34-13-15-2-1-3-16(27)8-15)33-24-20-10-19(35-25(20)31-14-30-24)6-4-18-11-29-12-23(28)32-18/h1-3,5,7-12,14H,13H2,(H2,28,32)(H,30,31,33). The Morgan fingerprint density at radius 3 is 2.83 bits per heavy atom. The number of aromatic nitrogens is 4. The molecule has 10 heteroatoms. The highest BCUT2D eigenvalue weighted by molar-refractivity contribution is 7.19. The number of hydrogen-bond donors (Lipinski definition) is 2. The molecule has 0 saturated heterocycles. The normalized spacial score (nSPS) is 10.6. The molecule has 0 aliphatic carbocycles. The van der Waals surface area contributed by atoms with E-state index in [9.17, 15) is 4.39 Å². The van der Waals surface area contributed by atoms with Crippen molar-refractivity contribution in [3.05, 3.63) is 94.2 Å². The van der Waals surface area contributed by atoms with Crippen molar-refractivity contribution >= 4 is 50.5 Å². The van der Waals surface area contributed by atoms with Crippen LogP contribution in [0.5, 0.6) is 5.75 Å². The third-order valence-corrected chi connectivity index (χ3v) is 6.03. The molecule has 0 aliphatic heterocycles. The van der Waals surface area contributed by atoms with E-state index < -0.39 is 0 Å². The van der Waals surface area contributed by atoms with Crippen molar-refractivity contribution in [3.63, 3.8) is 0 Å². The van der Waals surface area contributed by atoms with Gasteiger partial charge in [-0.05, 0) is 53.8 Å². The summed E-state index contributed by atoms with van der Waals surface area (Å²) in [6.45, 7) is 0.205. The molecule has 0 spiro atoms. The SMILES string of the molecule is Nc1cncc(C#Cc2cc3c(Nc4ccc(OCc5cccc(F)c5)c(Cl)c4)ncnc3s2)n1. The van der Waals surface area contributed by atoms with E-state index in [4.69, 9.17) is 22.1 Å². The first kappa shape index (κ1) is 22.5. The number of anilines is 3. The minimum absolute atomic E-state index is 0.205. The van der Waals surface area contributed by atoms with Crippen LogP contribution in [0.4, 0.5) is 21.7 Å². The number of halogens is 2. The third kappa shape index (κ3) is 5.46. The maximum atomic E-state index is 13.4. The average molecular weight is 503 g/mol. The summed E-state index contributed by atoms with van der Waals surface area (Å²) >= 11 is 7.86. The van der Waals surface area contributed by atoms with Crippen LogP contribution in [-0.4, -0.2) is 19.9 Å². The second kappa shape index (κ2) is 9.93. The Labute approximate surface area is 208 Å². The first-order valence-corrected chi connectivity index (χ1v) is 11.5. The van der Waals surface area contributed by atoms with Gasteiger partial charge < -0.3 is 15.8 Å². The minimum atomic E-state index is -0.311. The Balaban J connectivity index is 1.33. The van der Waals surface area contributed by atoms with Gasteiger partial charge in [-0.1, -0.05) is 23.7 Å². The van der Waals surface area contributed by atoms with Gasteiger partial charge in [0.25, 0.3) is 0 Å². The van der Waals surface area contributed by atoms with Gasteiger partial charge in [-0.2, -0.15) is 0 Å². The quantitative estimate of drug-likeness (QED) is 0.303. The lowest BCUT2D eigenvalue weighted by atomic mass is 10.2. The van der Waals surface area contributed by atoms with E-state index in [-0.39, 0.29) is 12.4 Å². The van der Waals surface area contributed by atoms with Crippen LogP contribution >= 0.6 is 22.9 Å². The predicted molar refractivity (Wildman–Crippen MR) is 135 cm³/mol. The lowest BCUT2D eigenvalue weighted by molar-refractivity contribution is 0.306. The lowest BCUT2D eigenvalue weighted by Gasteiger charge is -2.11. The summed E-state index contributed by atoms with van der Waals surface area (Å²) in [5, 5.41) is 4.51. The van der Waals surface area contributed by atoms with Crippen LogP contribution in [0.1, 0.15) is 16.1 Å². The number of benzene rings is 2. The predicted octanol–water partition coefficient (Wildman–Crippen LogP) is 5.58. The Hall–Kier alpha value is -4.26. The van der Waals surface area contributed by atoms with Crippen molar-refractivity contribution in [2.75, 3.05) is 11.1 Å².